The number of hydrogen-bond donors (Lipinski definition) is 0. The molecule has 0 unspecified atom stereocenters. The van der Waals surface area contributed by atoms with E-state index >= 15 is 0 Å². The van der Waals surface area contributed by atoms with E-state index in [1.165, 1.54) is 16.7 Å². The first-order chi connectivity index (χ1) is 8.78. The Bertz CT molecular complexity index is 506. The van der Waals surface area contributed by atoms with Crippen molar-refractivity contribution in [2.75, 3.05) is 6.54 Å². The molecule has 0 saturated carbocycles. The zero-order valence-electron chi connectivity index (χ0n) is 11.9. The molecule has 4 heteroatoms. The van der Waals surface area contributed by atoms with Gasteiger partial charge in [0.1, 0.15) is 5.60 Å². The van der Waals surface area contributed by atoms with Gasteiger partial charge in [0.25, 0.3) is 0 Å². The van der Waals surface area contributed by atoms with Crippen molar-refractivity contribution in [2.24, 2.45) is 0 Å². The van der Waals surface area contributed by atoms with E-state index in [0.29, 0.717) is 6.54 Å². The lowest BCUT2D eigenvalue weighted by Crippen LogP contribution is -2.40. The lowest BCUT2D eigenvalue weighted by Gasteiger charge is -2.32. The molecule has 1 aliphatic heterocycles. The summed E-state index contributed by atoms with van der Waals surface area (Å²) in [4.78, 5) is 13.9. The molecule has 0 aliphatic carbocycles. The molecule has 1 aliphatic rings. The summed E-state index contributed by atoms with van der Waals surface area (Å²) in [6.45, 7) is 9.12. The molecule has 0 saturated heterocycles. The van der Waals surface area contributed by atoms with Crippen LogP contribution in [0.3, 0.4) is 0 Å². The van der Waals surface area contributed by atoms with Crippen LogP contribution in [0, 0.1) is 6.92 Å². The van der Waals surface area contributed by atoms with Gasteiger partial charge in [-0.25, -0.2) is 4.79 Å². The molecule has 0 aromatic heterocycles. The van der Waals surface area contributed by atoms with Crippen molar-refractivity contribution < 1.29 is 9.53 Å². The van der Waals surface area contributed by atoms with Gasteiger partial charge in [0.15, 0.2) is 0 Å². The first kappa shape index (κ1) is 14.4. The molecular formula is C15H20BrNO2. The quantitative estimate of drug-likeness (QED) is 0.720. The second-order valence-corrected chi connectivity index (χ2v) is 6.82. The number of benzene rings is 1. The van der Waals surface area contributed by atoms with Gasteiger partial charge in [0.2, 0.25) is 0 Å². The molecule has 104 valence electrons. The fourth-order valence-electron chi connectivity index (χ4n) is 2.25. The fourth-order valence-corrected chi connectivity index (χ4v) is 2.62. The van der Waals surface area contributed by atoms with Crippen molar-refractivity contribution in [1.82, 2.24) is 4.90 Å². The maximum absolute atomic E-state index is 12.1. The number of rotatable bonds is 0. The van der Waals surface area contributed by atoms with Crippen LogP contribution in [0.5, 0.6) is 0 Å². The third-order valence-electron chi connectivity index (χ3n) is 3.28. The summed E-state index contributed by atoms with van der Waals surface area (Å²) in [7, 11) is 0. The molecular weight excluding hydrogens is 306 g/mol. The predicted octanol–water partition coefficient (Wildman–Crippen LogP) is 4.05. The molecule has 0 atom stereocenters. The van der Waals surface area contributed by atoms with Gasteiger partial charge < -0.3 is 9.64 Å². The van der Waals surface area contributed by atoms with Crippen LogP contribution in [-0.2, 0) is 17.7 Å². The van der Waals surface area contributed by atoms with Crippen LogP contribution in [0.1, 0.15) is 37.5 Å². The summed E-state index contributed by atoms with van der Waals surface area (Å²) in [5.41, 5.74) is 3.35. The normalized spacial score (nSPS) is 15.1. The highest BCUT2D eigenvalue weighted by atomic mass is 79.9. The smallest absolute Gasteiger partial charge is 0.410 e. The molecule has 0 radical (unpaired) electrons. The Balaban J connectivity index is 2.18. The summed E-state index contributed by atoms with van der Waals surface area (Å²) in [6.07, 6.45) is 0.667. The van der Waals surface area contributed by atoms with Crippen molar-refractivity contribution in [3.8, 4) is 0 Å². The summed E-state index contributed by atoms with van der Waals surface area (Å²) >= 11 is 3.55. The van der Waals surface area contributed by atoms with E-state index in [-0.39, 0.29) is 6.09 Å². The standard InChI is InChI=1S/C15H20BrNO2/c1-10-12-9-17(14(18)19-15(2,3)4)8-7-11(12)5-6-13(10)16/h5-6H,7-9H2,1-4H3. The van der Waals surface area contributed by atoms with E-state index in [1.54, 1.807) is 4.90 Å². The fraction of sp³-hybridized carbons (Fsp3) is 0.533. The van der Waals surface area contributed by atoms with Gasteiger partial charge in [0.05, 0.1) is 0 Å². The number of carbonyl (C=O) groups excluding carboxylic acids is 1. The first-order valence-electron chi connectivity index (χ1n) is 6.53. The average Bonchev–Trinajstić information content (AvgIpc) is 2.31. The molecule has 3 nitrogen and oxygen atoms in total. The number of hydrogen-bond acceptors (Lipinski definition) is 2. The molecule has 19 heavy (non-hydrogen) atoms. The highest BCUT2D eigenvalue weighted by Crippen LogP contribution is 2.28. The van der Waals surface area contributed by atoms with Crippen molar-refractivity contribution in [2.45, 2.75) is 46.3 Å². The van der Waals surface area contributed by atoms with Gasteiger partial charge in [-0.05, 0) is 56.9 Å². The van der Waals surface area contributed by atoms with Crippen LogP contribution in [0.25, 0.3) is 0 Å². The minimum Gasteiger partial charge on any atom is -0.444 e. The van der Waals surface area contributed by atoms with Gasteiger partial charge in [-0.15, -0.1) is 0 Å². The van der Waals surface area contributed by atoms with E-state index in [0.717, 1.165) is 17.4 Å². The van der Waals surface area contributed by atoms with Crippen LogP contribution >= 0.6 is 15.9 Å². The molecule has 1 heterocycles. The number of amides is 1. The molecule has 0 spiro atoms. The van der Waals surface area contributed by atoms with Crippen molar-refractivity contribution in [3.63, 3.8) is 0 Å². The molecule has 0 fully saturated rings. The minimum absolute atomic E-state index is 0.225. The van der Waals surface area contributed by atoms with Crippen LogP contribution in [0.2, 0.25) is 0 Å². The Morgan fingerprint density at radius 3 is 2.68 bits per heavy atom. The lowest BCUT2D eigenvalue weighted by molar-refractivity contribution is 0.0223. The molecule has 1 aromatic carbocycles. The van der Waals surface area contributed by atoms with Crippen LogP contribution in [-0.4, -0.2) is 23.1 Å². The zero-order chi connectivity index (χ0) is 14.2. The van der Waals surface area contributed by atoms with E-state index in [2.05, 4.69) is 35.0 Å². The number of ether oxygens (including phenoxy) is 1. The number of halogens is 1. The van der Waals surface area contributed by atoms with Crippen LogP contribution in [0.4, 0.5) is 4.79 Å². The van der Waals surface area contributed by atoms with E-state index in [1.807, 2.05) is 20.8 Å². The summed E-state index contributed by atoms with van der Waals surface area (Å²) in [5, 5.41) is 0. The summed E-state index contributed by atoms with van der Waals surface area (Å²) < 4.78 is 6.53. The maximum Gasteiger partial charge on any atom is 0.410 e. The van der Waals surface area contributed by atoms with Gasteiger partial charge in [-0.3, -0.25) is 0 Å². The lowest BCUT2D eigenvalue weighted by atomic mass is 9.96. The van der Waals surface area contributed by atoms with Crippen LogP contribution < -0.4 is 0 Å². The second kappa shape index (κ2) is 5.16. The topological polar surface area (TPSA) is 29.5 Å². The van der Waals surface area contributed by atoms with Gasteiger partial charge in [0, 0.05) is 17.6 Å². The first-order valence-corrected chi connectivity index (χ1v) is 7.32. The molecule has 2 rings (SSSR count). The van der Waals surface area contributed by atoms with Crippen molar-refractivity contribution >= 4 is 22.0 Å². The maximum atomic E-state index is 12.1. The van der Waals surface area contributed by atoms with Gasteiger partial charge >= 0.3 is 6.09 Å². The number of carbonyl (C=O) groups is 1. The third-order valence-corrected chi connectivity index (χ3v) is 4.14. The average molecular weight is 326 g/mol. The third kappa shape index (κ3) is 3.30. The Morgan fingerprint density at radius 2 is 2.05 bits per heavy atom. The Morgan fingerprint density at radius 1 is 1.37 bits per heavy atom. The Labute approximate surface area is 123 Å². The molecule has 1 aromatic rings. The number of nitrogens with zero attached hydrogens (tertiary/aromatic N) is 1. The Hall–Kier alpha value is -1.03. The van der Waals surface area contributed by atoms with E-state index in [4.69, 9.17) is 4.74 Å². The Kier molecular flexibility index (Phi) is 3.90. The minimum atomic E-state index is -0.441. The monoisotopic (exact) mass is 325 g/mol. The van der Waals surface area contributed by atoms with E-state index < -0.39 is 5.60 Å². The molecule has 0 bridgehead atoms. The molecule has 0 N–H and O–H groups in total. The largest absolute Gasteiger partial charge is 0.444 e. The van der Waals surface area contributed by atoms with Gasteiger partial charge in [-0.2, -0.15) is 0 Å². The summed E-state index contributed by atoms with van der Waals surface area (Å²) in [5.74, 6) is 0. The van der Waals surface area contributed by atoms with Crippen LogP contribution in [0.15, 0.2) is 16.6 Å². The van der Waals surface area contributed by atoms with Crippen molar-refractivity contribution in [3.05, 3.63) is 33.3 Å². The SMILES string of the molecule is Cc1c(Br)ccc2c1CN(C(=O)OC(C)(C)C)CC2. The number of fused-ring (bicyclic) bond motifs is 1. The van der Waals surface area contributed by atoms with E-state index in [9.17, 15) is 4.79 Å². The van der Waals surface area contributed by atoms with Gasteiger partial charge in [-0.1, -0.05) is 22.0 Å². The van der Waals surface area contributed by atoms with Crippen molar-refractivity contribution in [1.29, 1.82) is 0 Å². The highest BCUT2D eigenvalue weighted by Gasteiger charge is 2.26. The zero-order valence-corrected chi connectivity index (χ0v) is 13.5. The second-order valence-electron chi connectivity index (χ2n) is 5.96. The molecule has 1 amide bonds. The summed E-state index contributed by atoms with van der Waals surface area (Å²) in [6, 6.07) is 4.22. The highest BCUT2D eigenvalue weighted by molar-refractivity contribution is 9.10. The predicted molar refractivity (Wildman–Crippen MR) is 79.2 cm³/mol.